The van der Waals surface area contributed by atoms with Crippen molar-refractivity contribution in [3.05, 3.63) is 66.5 Å². The van der Waals surface area contributed by atoms with Crippen molar-refractivity contribution in [2.75, 3.05) is 19.5 Å². The highest BCUT2D eigenvalue weighted by Gasteiger charge is 2.22. The fourth-order valence-electron chi connectivity index (χ4n) is 3.21. The maximum Gasteiger partial charge on any atom is 0.230 e. The van der Waals surface area contributed by atoms with Crippen LogP contribution in [0.3, 0.4) is 0 Å². The highest BCUT2D eigenvalue weighted by Crippen LogP contribution is 2.31. The summed E-state index contributed by atoms with van der Waals surface area (Å²) >= 11 is 1.41. The number of imidazole rings is 1. The molecule has 2 heterocycles. The van der Waals surface area contributed by atoms with Crippen LogP contribution < -0.4 is 14.8 Å². The van der Waals surface area contributed by atoms with Gasteiger partial charge in [-0.15, -0.1) is 0 Å². The molecule has 1 N–H and O–H groups in total. The van der Waals surface area contributed by atoms with Crippen molar-refractivity contribution in [1.29, 1.82) is 0 Å². The van der Waals surface area contributed by atoms with Crippen LogP contribution in [-0.4, -0.2) is 34.9 Å². The van der Waals surface area contributed by atoms with Gasteiger partial charge in [0.15, 0.2) is 5.16 Å². The van der Waals surface area contributed by atoms with E-state index in [4.69, 9.17) is 9.47 Å². The minimum absolute atomic E-state index is 0.0174. The fourth-order valence-corrected chi connectivity index (χ4v) is 4.00. The lowest BCUT2D eigenvalue weighted by atomic mass is 10.0. The Morgan fingerprint density at radius 2 is 2.21 bits per heavy atom. The van der Waals surface area contributed by atoms with Gasteiger partial charge < -0.3 is 14.8 Å². The number of amides is 1. The largest absolute Gasteiger partial charge is 0.497 e. The topological polar surface area (TPSA) is 65.4 Å². The van der Waals surface area contributed by atoms with Crippen molar-refractivity contribution in [3.63, 3.8) is 0 Å². The van der Waals surface area contributed by atoms with Gasteiger partial charge in [0, 0.05) is 30.4 Å². The average Bonchev–Trinajstić information content (AvgIpc) is 3.21. The van der Waals surface area contributed by atoms with Crippen molar-refractivity contribution in [2.24, 2.45) is 0 Å². The van der Waals surface area contributed by atoms with Crippen LogP contribution in [0.15, 0.2) is 66.1 Å². The second-order valence-electron chi connectivity index (χ2n) is 6.37. The number of carbonyl (C=O) groups excluding carboxylic acids is 1. The maximum absolute atomic E-state index is 12.5. The summed E-state index contributed by atoms with van der Waals surface area (Å²) in [6.07, 6.45) is 4.38. The first kappa shape index (κ1) is 18.4. The molecule has 1 unspecified atom stereocenters. The summed E-state index contributed by atoms with van der Waals surface area (Å²) in [4.78, 5) is 16.9. The Bertz CT molecular complexity index is 973. The Labute approximate surface area is 167 Å². The van der Waals surface area contributed by atoms with E-state index in [0.29, 0.717) is 12.4 Å². The molecule has 0 saturated heterocycles. The van der Waals surface area contributed by atoms with Gasteiger partial charge >= 0.3 is 0 Å². The smallest absolute Gasteiger partial charge is 0.230 e. The number of fused-ring (bicyclic) bond motifs is 1. The first-order valence-corrected chi connectivity index (χ1v) is 10.0. The van der Waals surface area contributed by atoms with Gasteiger partial charge in [0.05, 0.1) is 31.2 Å². The number of aromatic nitrogens is 2. The molecule has 7 heteroatoms. The molecule has 0 bridgehead atoms. The third kappa shape index (κ3) is 3.99. The number of nitrogens with zero attached hydrogens (tertiary/aromatic N) is 2. The lowest BCUT2D eigenvalue weighted by Crippen LogP contribution is -2.33. The van der Waals surface area contributed by atoms with E-state index in [0.717, 1.165) is 34.3 Å². The molecule has 0 aliphatic carbocycles. The van der Waals surface area contributed by atoms with E-state index in [1.54, 1.807) is 13.3 Å². The summed E-state index contributed by atoms with van der Waals surface area (Å²) in [5.74, 6) is 1.89. The Morgan fingerprint density at radius 1 is 1.32 bits per heavy atom. The zero-order valence-electron chi connectivity index (χ0n) is 15.5. The molecule has 0 saturated carbocycles. The quantitative estimate of drug-likeness (QED) is 0.646. The predicted molar refractivity (Wildman–Crippen MR) is 108 cm³/mol. The number of para-hydroxylation sites is 1. The van der Waals surface area contributed by atoms with Gasteiger partial charge in [-0.05, 0) is 18.2 Å². The molecule has 4 rings (SSSR count). The number of benzene rings is 2. The SMILES string of the molecule is COc1cccc(-n2ccnc2SCC(=O)NC2CCOc3ccccc32)c1. The molecular weight excluding hydrogens is 374 g/mol. The van der Waals surface area contributed by atoms with Gasteiger partial charge in [-0.2, -0.15) is 0 Å². The third-order valence-electron chi connectivity index (χ3n) is 4.56. The number of nitrogens with one attached hydrogen (secondary N) is 1. The first-order chi connectivity index (χ1) is 13.7. The van der Waals surface area contributed by atoms with Crippen LogP contribution in [-0.2, 0) is 4.79 Å². The second-order valence-corrected chi connectivity index (χ2v) is 7.31. The molecule has 144 valence electrons. The number of ether oxygens (including phenoxy) is 2. The van der Waals surface area contributed by atoms with E-state index in [1.165, 1.54) is 11.8 Å². The molecule has 3 aromatic rings. The molecule has 1 aromatic heterocycles. The molecule has 0 fully saturated rings. The van der Waals surface area contributed by atoms with Gasteiger partial charge in [0.2, 0.25) is 5.91 Å². The molecule has 1 aliphatic rings. The zero-order chi connectivity index (χ0) is 19.3. The van der Waals surface area contributed by atoms with E-state index < -0.39 is 0 Å². The van der Waals surface area contributed by atoms with Crippen molar-refractivity contribution >= 4 is 17.7 Å². The van der Waals surface area contributed by atoms with E-state index in [-0.39, 0.29) is 11.9 Å². The Balaban J connectivity index is 1.41. The molecule has 2 aromatic carbocycles. The Morgan fingerprint density at radius 3 is 3.11 bits per heavy atom. The number of carbonyl (C=O) groups is 1. The highest BCUT2D eigenvalue weighted by molar-refractivity contribution is 7.99. The zero-order valence-corrected chi connectivity index (χ0v) is 16.3. The van der Waals surface area contributed by atoms with Crippen molar-refractivity contribution in [2.45, 2.75) is 17.6 Å². The molecule has 1 amide bonds. The number of hydrogen-bond acceptors (Lipinski definition) is 5. The Hall–Kier alpha value is -2.93. The number of thioether (sulfide) groups is 1. The lowest BCUT2D eigenvalue weighted by molar-refractivity contribution is -0.119. The van der Waals surface area contributed by atoms with Crippen molar-refractivity contribution in [1.82, 2.24) is 14.9 Å². The molecule has 1 aliphatic heterocycles. The van der Waals surface area contributed by atoms with E-state index in [9.17, 15) is 4.79 Å². The minimum Gasteiger partial charge on any atom is -0.497 e. The predicted octanol–water partition coefficient (Wildman–Crippen LogP) is 3.61. The van der Waals surface area contributed by atoms with Crippen LogP contribution in [0.2, 0.25) is 0 Å². The summed E-state index contributed by atoms with van der Waals surface area (Å²) in [6.45, 7) is 0.606. The van der Waals surface area contributed by atoms with Crippen LogP contribution in [0.4, 0.5) is 0 Å². The summed E-state index contributed by atoms with van der Waals surface area (Å²) in [7, 11) is 1.64. The standard InChI is InChI=1S/C21H21N3O3S/c1-26-16-6-4-5-15(13-16)24-11-10-22-21(24)28-14-20(25)23-18-9-12-27-19-8-3-2-7-17(18)19/h2-8,10-11,13,18H,9,12,14H2,1H3,(H,23,25). The monoisotopic (exact) mass is 395 g/mol. The van der Waals surface area contributed by atoms with Crippen LogP contribution in [0, 0.1) is 0 Å². The second kappa shape index (κ2) is 8.39. The van der Waals surface area contributed by atoms with Crippen LogP contribution in [0.25, 0.3) is 5.69 Å². The molecule has 0 spiro atoms. The third-order valence-corrected chi connectivity index (χ3v) is 5.53. The molecule has 28 heavy (non-hydrogen) atoms. The first-order valence-electron chi connectivity index (χ1n) is 9.06. The summed E-state index contributed by atoms with van der Waals surface area (Å²) in [5.41, 5.74) is 1.98. The number of rotatable bonds is 6. The van der Waals surface area contributed by atoms with Gasteiger partial charge in [-0.3, -0.25) is 9.36 Å². The average molecular weight is 395 g/mol. The molecule has 6 nitrogen and oxygen atoms in total. The molecular formula is C21H21N3O3S. The number of hydrogen-bond donors (Lipinski definition) is 1. The van der Waals surface area contributed by atoms with E-state index >= 15 is 0 Å². The van der Waals surface area contributed by atoms with Crippen LogP contribution >= 0.6 is 11.8 Å². The van der Waals surface area contributed by atoms with E-state index in [2.05, 4.69) is 10.3 Å². The van der Waals surface area contributed by atoms with Gasteiger partial charge in [0.25, 0.3) is 0 Å². The van der Waals surface area contributed by atoms with Crippen molar-refractivity contribution < 1.29 is 14.3 Å². The van der Waals surface area contributed by atoms with E-state index in [1.807, 2.05) is 59.3 Å². The van der Waals surface area contributed by atoms with Crippen molar-refractivity contribution in [3.8, 4) is 17.2 Å². The van der Waals surface area contributed by atoms with Gasteiger partial charge in [-0.25, -0.2) is 4.98 Å². The summed E-state index contributed by atoms with van der Waals surface area (Å²) in [6, 6.07) is 15.6. The fraction of sp³-hybridized carbons (Fsp3) is 0.238. The molecule has 0 radical (unpaired) electrons. The Kier molecular flexibility index (Phi) is 5.53. The summed E-state index contributed by atoms with van der Waals surface area (Å²) < 4.78 is 12.9. The lowest BCUT2D eigenvalue weighted by Gasteiger charge is -2.26. The van der Waals surface area contributed by atoms with Crippen LogP contribution in [0.1, 0.15) is 18.0 Å². The number of methoxy groups -OCH3 is 1. The maximum atomic E-state index is 12.5. The van der Waals surface area contributed by atoms with Crippen LogP contribution in [0.5, 0.6) is 11.5 Å². The van der Waals surface area contributed by atoms with Gasteiger partial charge in [0.1, 0.15) is 11.5 Å². The minimum atomic E-state index is -0.0214. The normalized spacial score (nSPS) is 15.4. The van der Waals surface area contributed by atoms with Gasteiger partial charge in [-0.1, -0.05) is 36.0 Å². The highest BCUT2D eigenvalue weighted by atomic mass is 32.2. The summed E-state index contributed by atoms with van der Waals surface area (Å²) in [5, 5.41) is 3.88. The molecule has 1 atom stereocenters.